The summed E-state index contributed by atoms with van der Waals surface area (Å²) in [7, 11) is 0. The van der Waals surface area contributed by atoms with Crippen molar-refractivity contribution in [1.29, 1.82) is 0 Å². The lowest BCUT2D eigenvalue weighted by Crippen LogP contribution is -2.35. The number of nitrogens with zero attached hydrogens (tertiary/aromatic N) is 2. The second kappa shape index (κ2) is 6.69. The van der Waals surface area contributed by atoms with Crippen LogP contribution in [0, 0.1) is 0 Å². The Morgan fingerprint density at radius 1 is 1.18 bits per heavy atom. The number of hydrogen-bond acceptors (Lipinski definition) is 5. The molecule has 1 fully saturated rings. The van der Waals surface area contributed by atoms with E-state index in [1.165, 1.54) is 0 Å². The predicted octanol–water partition coefficient (Wildman–Crippen LogP) is 3.20. The van der Waals surface area contributed by atoms with E-state index in [2.05, 4.69) is 20.6 Å². The maximum atomic E-state index is 6.26. The monoisotopic (exact) mass is 337 g/mol. The largest absolute Gasteiger partial charge is 0.368 e. The smallest absolute Gasteiger partial charge is 0.222 e. The van der Waals surface area contributed by atoms with Gasteiger partial charge in [-0.3, -0.25) is 0 Å². The summed E-state index contributed by atoms with van der Waals surface area (Å²) in [5, 5.41) is 7.71. The minimum atomic E-state index is 0.213. The molecule has 1 aliphatic heterocycles. The highest BCUT2D eigenvalue weighted by molar-refractivity contribution is 6.43. The summed E-state index contributed by atoms with van der Waals surface area (Å²) in [5.74, 6) is 0.926. The fraction of sp³-hybridized carbons (Fsp3) is 0.333. The van der Waals surface area contributed by atoms with Gasteiger partial charge in [-0.1, -0.05) is 35.3 Å². The molecule has 1 saturated heterocycles. The van der Waals surface area contributed by atoms with Crippen LogP contribution >= 0.6 is 23.2 Å². The van der Waals surface area contributed by atoms with Crippen LogP contribution in [0.15, 0.2) is 24.3 Å². The van der Waals surface area contributed by atoms with E-state index >= 15 is 0 Å². The summed E-state index contributed by atoms with van der Waals surface area (Å²) in [6.45, 7) is 2.01. The Labute approximate surface area is 139 Å². The van der Waals surface area contributed by atoms with Gasteiger partial charge in [0.15, 0.2) is 0 Å². The number of rotatable bonds is 3. The number of nitrogens with one attached hydrogen (secondary N) is 2. The molecule has 1 aliphatic rings. The zero-order valence-corrected chi connectivity index (χ0v) is 13.5. The van der Waals surface area contributed by atoms with Crippen molar-refractivity contribution in [3.8, 4) is 11.3 Å². The number of benzene rings is 1. The van der Waals surface area contributed by atoms with Gasteiger partial charge in [0.2, 0.25) is 5.95 Å². The van der Waals surface area contributed by atoms with Crippen molar-refractivity contribution < 1.29 is 0 Å². The first-order valence-corrected chi connectivity index (χ1v) is 7.95. The second-order valence-corrected chi connectivity index (χ2v) is 6.05. The van der Waals surface area contributed by atoms with Gasteiger partial charge in [-0.05, 0) is 32.0 Å². The standard InChI is InChI=1S/C15H17Cl2N5/c16-11-3-1-2-10(14(11)17)12-8-13(22-15(18)21-12)20-9-4-6-19-7-5-9/h1-3,8-9,19H,4-7H2,(H3,18,20,21,22). The summed E-state index contributed by atoms with van der Waals surface area (Å²) < 4.78 is 0. The molecule has 0 amide bonds. The third-order valence-electron chi connectivity index (χ3n) is 3.66. The Kier molecular flexibility index (Phi) is 4.66. The summed E-state index contributed by atoms with van der Waals surface area (Å²) in [5.41, 5.74) is 7.25. The highest BCUT2D eigenvalue weighted by Gasteiger charge is 2.15. The molecule has 5 nitrogen and oxygen atoms in total. The lowest BCUT2D eigenvalue weighted by Gasteiger charge is -2.24. The zero-order valence-electron chi connectivity index (χ0n) is 11.9. The molecule has 7 heteroatoms. The van der Waals surface area contributed by atoms with E-state index in [0.29, 0.717) is 27.6 Å². The van der Waals surface area contributed by atoms with Gasteiger partial charge < -0.3 is 16.4 Å². The lowest BCUT2D eigenvalue weighted by molar-refractivity contribution is 0.478. The molecule has 0 unspecified atom stereocenters. The molecule has 3 rings (SSSR count). The number of nitrogen functional groups attached to an aromatic ring is 1. The minimum Gasteiger partial charge on any atom is -0.368 e. The Morgan fingerprint density at radius 2 is 1.95 bits per heavy atom. The normalized spacial score (nSPS) is 15.7. The Balaban J connectivity index is 1.90. The van der Waals surface area contributed by atoms with Gasteiger partial charge in [-0.15, -0.1) is 0 Å². The number of anilines is 2. The van der Waals surface area contributed by atoms with Crippen molar-refractivity contribution in [2.45, 2.75) is 18.9 Å². The molecule has 4 N–H and O–H groups in total. The topological polar surface area (TPSA) is 75.9 Å². The van der Waals surface area contributed by atoms with E-state index < -0.39 is 0 Å². The average Bonchev–Trinajstić information content (AvgIpc) is 2.50. The molecule has 2 heterocycles. The summed E-state index contributed by atoms with van der Waals surface area (Å²) >= 11 is 12.3. The molecule has 1 aromatic carbocycles. The van der Waals surface area contributed by atoms with Crippen LogP contribution in [0.2, 0.25) is 10.0 Å². The number of piperidine rings is 1. The molecule has 2 aromatic rings. The average molecular weight is 338 g/mol. The fourth-order valence-corrected chi connectivity index (χ4v) is 2.95. The fourth-order valence-electron chi connectivity index (χ4n) is 2.55. The summed E-state index contributed by atoms with van der Waals surface area (Å²) in [6, 6.07) is 7.69. The van der Waals surface area contributed by atoms with Gasteiger partial charge >= 0.3 is 0 Å². The van der Waals surface area contributed by atoms with Crippen molar-refractivity contribution in [2.75, 3.05) is 24.1 Å². The van der Waals surface area contributed by atoms with Gasteiger partial charge in [-0.2, -0.15) is 4.98 Å². The van der Waals surface area contributed by atoms with E-state index in [-0.39, 0.29) is 5.95 Å². The first-order chi connectivity index (χ1) is 10.6. The van der Waals surface area contributed by atoms with Crippen molar-refractivity contribution in [3.05, 3.63) is 34.3 Å². The van der Waals surface area contributed by atoms with E-state index in [0.717, 1.165) is 31.5 Å². The molecule has 0 bridgehead atoms. The molecule has 0 spiro atoms. The third-order valence-corrected chi connectivity index (χ3v) is 4.48. The maximum absolute atomic E-state index is 6.26. The molecule has 116 valence electrons. The molecule has 0 aliphatic carbocycles. The number of halogens is 2. The van der Waals surface area contributed by atoms with Crippen LogP contribution in [-0.2, 0) is 0 Å². The zero-order chi connectivity index (χ0) is 15.5. The molecule has 0 saturated carbocycles. The molecular formula is C15H17Cl2N5. The van der Waals surface area contributed by atoms with Crippen LogP contribution in [0.5, 0.6) is 0 Å². The predicted molar refractivity (Wildman–Crippen MR) is 91.4 cm³/mol. The number of aromatic nitrogens is 2. The first-order valence-electron chi connectivity index (χ1n) is 7.19. The Hall–Kier alpha value is -1.56. The minimum absolute atomic E-state index is 0.213. The van der Waals surface area contributed by atoms with E-state index in [4.69, 9.17) is 28.9 Å². The van der Waals surface area contributed by atoms with Gasteiger partial charge in [0.05, 0.1) is 15.7 Å². The molecule has 22 heavy (non-hydrogen) atoms. The van der Waals surface area contributed by atoms with Crippen LogP contribution < -0.4 is 16.4 Å². The van der Waals surface area contributed by atoms with Crippen molar-refractivity contribution in [3.63, 3.8) is 0 Å². The SMILES string of the molecule is Nc1nc(NC2CCNCC2)cc(-c2cccc(Cl)c2Cl)n1. The number of nitrogens with two attached hydrogens (primary N) is 1. The second-order valence-electron chi connectivity index (χ2n) is 5.27. The van der Waals surface area contributed by atoms with Crippen LogP contribution in [0.1, 0.15) is 12.8 Å². The van der Waals surface area contributed by atoms with Crippen molar-refractivity contribution in [2.24, 2.45) is 0 Å². The van der Waals surface area contributed by atoms with Gasteiger partial charge in [-0.25, -0.2) is 4.98 Å². The van der Waals surface area contributed by atoms with E-state index in [1.54, 1.807) is 6.07 Å². The molecule has 1 aromatic heterocycles. The van der Waals surface area contributed by atoms with E-state index in [1.807, 2.05) is 18.2 Å². The summed E-state index contributed by atoms with van der Waals surface area (Å²) in [6.07, 6.45) is 2.11. The van der Waals surface area contributed by atoms with Crippen molar-refractivity contribution >= 4 is 35.0 Å². The lowest BCUT2D eigenvalue weighted by atomic mass is 10.1. The highest BCUT2D eigenvalue weighted by atomic mass is 35.5. The van der Waals surface area contributed by atoms with Gasteiger partial charge in [0.1, 0.15) is 5.82 Å². The van der Waals surface area contributed by atoms with Crippen LogP contribution in [-0.4, -0.2) is 29.1 Å². The highest BCUT2D eigenvalue weighted by Crippen LogP contribution is 2.33. The molecule has 0 atom stereocenters. The van der Waals surface area contributed by atoms with Gasteiger partial charge in [0, 0.05) is 17.7 Å². The Bertz CT molecular complexity index is 671. The maximum Gasteiger partial charge on any atom is 0.222 e. The molecular weight excluding hydrogens is 321 g/mol. The summed E-state index contributed by atoms with van der Waals surface area (Å²) in [4.78, 5) is 8.53. The quantitative estimate of drug-likeness (QED) is 0.801. The van der Waals surface area contributed by atoms with Crippen molar-refractivity contribution in [1.82, 2.24) is 15.3 Å². The van der Waals surface area contributed by atoms with Crippen LogP contribution in [0.3, 0.4) is 0 Å². The molecule has 0 radical (unpaired) electrons. The van der Waals surface area contributed by atoms with Gasteiger partial charge in [0.25, 0.3) is 0 Å². The van der Waals surface area contributed by atoms with Crippen LogP contribution in [0.4, 0.5) is 11.8 Å². The van der Waals surface area contributed by atoms with E-state index in [9.17, 15) is 0 Å². The Morgan fingerprint density at radius 3 is 2.73 bits per heavy atom. The third kappa shape index (κ3) is 3.43. The van der Waals surface area contributed by atoms with Crippen LogP contribution in [0.25, 0.3) is 11.3 Å². The first kappa shape index (κ1) is 15.3. The number of hydrogen-bond donors (Lipinski definition) is 3.